The number of carbonyl (C=O) groups excluding carboxylic acids is 5. The highest BCUT2D eigenvalue weighted by Gasteiger charge is 2.32. The summed E-state index contributed by atoms with van der Waals surface area (Å²) in [6.07, 6.45) is 4.75. The number of methoxy groups -OCH3 is 10. The fourth-order valence-electron chi connectivity index (χ4n) is 10.4. The van der Waals surface area contributed by atoms with Gasteiger partial charge in [-0.15, -0.1) is 11.8 Å². The van der Waals surface area contributed by atoms with E-state index in [1.807, 2.05) is 95.3 Å². The van der Waals surface area contributed by atoms with Crippen LogP contribution in [0, 0.1) is 22.7 Å². The summed E-state index contributed by atoms with van der Waals surface area (Å²) >= 11 is 1.78. The highest BCUT2D eigenvalue weighted by atomic mass is 32.2. The summed E-state index contributed by atoms with van der Waals surface area (Å²) in [7, 11) is 17.2. The minimum atomic E-state index is -0.824. The molecule has 1 aliphatic carbocycles. The molecule has 0 N–H and O–H groups in total. The lowest BCUT2D eigenvalue weighted by molar-refractivity contribution is -0.164. The molecule has 5 aliphatic heterocycles. The second kappa shape index (κ2) is 63.7. The Kier molecular flexibility index (Phi) is 58.2. The molecule has 5 heterocycles. The van der Waals surface area contributed by atoms with Crippen LogP contribution in [0.15, 0.2) is 146 Å². The predicted octanol–water partition coefficient (Wildman–Crippen LogP) is 13.8. The molecule has 11 rings (SSSR count). The number of rotatable bonds is 21. The number of nitriles is 1. The van der Waals surface area contributed by atoms with Crippen molar-refractivity contribution in [1.29, 1.82) is 5.26 Å². The Bertz CT molecular complexity index is 3070. The van der Waals surface area contributed by atoms with E-state index < -0.39 is 29.6 Å². The molecule has 656 valence electrons. The monoisotopic (exact) mass is 1750 g/mol. The molecule has 5 aromatic carbocycles. The van der Waals surface area contributed by atoms with Crippen LogP contribution in [0.4, 0.5) is 0 Å². The maximum atomic E-state index is 11.3. The lowest BCUT2D eigenvalue weighted by Gasteiger charge is -2.19. The van der Waals surface area contributed by atoms with Crippen molar-refractivity contribution in [3.63, 3.8) is 0 Å². The fourth-order valence-corrected chi connectivity index (χ4v) is 20.9. The summed E-state index contributed by atoms with van der Waals surface area (Å²) in [4.78, 5) is 61.0. The van der Waals surface area contributed by atoms with Crippen LogP contribution in [-0.2, 0) is 135 Å². The summed E-state index contributed by atoms with van der Waals surface area (Å²) in [5.41, 5.74) is -0.962. The Labute approximate surface area is 718 Å². The van der Waals surface area contributed by atoms with Gasteiger partial charge in [0.15, 0.2) is 42.1 Å². The Balaban J connectivity index is 0.000000445. The third kappa shape index (κ3) is 45.8. The van der Waals surface area contributed by atoms with Crippen LogP contribution >= 0.6 is 11.8 Å². The van der Waals surface area contributed by atoms with Crippen molar-refractivity contribution in [1.82, 2.24) is 0 Å². The zero-order chi connectivity index (χ0) is 86.8. The second-order valence-electron chi connectivity index (χ2n) is 27.3. The van der Waals surface area contributed by atoms with E-state index in [0.717, 1.165) is 94.8 Å². The van der Waals surface area contributed by atoms with Gasteiger partial charge >= 0.3 is 29.8 Å². The molecule has 0 bridgehead atoms. The van der Waals surface area contributed by atoms with Crippen LogP contribution < -0.4 is 23.7 Å². The Hall–Kier alpha value is -6.24. The minimum Gasteiger partial charge on any atom is -0.497 e. The van der Waals surface area contributed by atoms with Crippen molar-refractivity contribution >= 4 is 96.1 Å². The topological polar surface area (TPSA) is 266 Å². The first kappa shape index (κ1) is 107. The molecule has 29 heteroatoms. The van der Waals surface area contributed by atoms with Crippen molar-refractivity contribution in [3.05, 3.63) is 121 Å². The first-order chi connectivity index (χ1) is 56.2. The van der Waals surface area contributed by atoms with E-state index in [9.17, 15) is 24.0 Å². The first-order valence-electron chi connectivity index (χ1n) is 39.4. The number of ether oxygens (including phenoxy) is 17. The average Bonchev–Trinajstić information content (AvgIpc) is 1.17. The first-order valence-corrected chi connectivity index (χ1v) is 48.1. The number of thioether (sulfide) groups is 1. The summed E-state index contributed by atoms with van der Waals surface area (Å²) < 4.78 is 84.5. The van der Waals surface area contributed by atoms with Crippen LogP contribution in [0.3, 0.4) is 0 Å². The van der Waals surface area contributed by atoms with E-state index in [-0.39, 0.29) is 28.6 Å². The third-order valence-corrected chi connectivity index (χ3v) is 30.4. The van der Waals surface area contributed by atoms with Crippen LogP contribution in [0.25, 0.3) is 0 Å². The van der Waals surface area contributed by atoms with Gasteiger partial charge in [0.25, 0.3) is 0 Å². The summed E-state index contributed by atoms with van der Waals surface area (Å²) in [5, 5.41) is 8.86. The van der Waals surface area contributed by atoms with Gasteiger partial charge in [0, 0.05) is 79.4 Å². The molecule has 2 atom stereocenters. The molecule has 1 saturated carbocycles. The standard InChI is InChI=1S/5C11H15O2S.C10H18O2S.C7H14O3.C6H10O4.C5H9N.C5H10O3/c5*1-12-10-2-4-11(5-3-10)14-8-6-13-7-9-14;1-3-12-10(11)8(2)13-9-6-4-5-7-9;1-5-10-6(8)7(2,3)9-4;1-4(5(7)9-2)6(8)10-3;1-5(2,3)4-6;1-4(7-2)5(6)8-3/h5*2-5H,6-9H2,1H3;8-9H,3-7H2,1-2H3;5H2,1-4H3;4H,1-3H3;1-3H3;4H,1-3H3/q5*+1;;;;;. The quantitative estimate of drug-likeness (QED) is 0.0286. The van der Waals surface area contributed by atoms with Gasteiger partial charge < -0.3 is 80.5 Å². The molecular formula is C88H136NO22S6+5. The molecule has 117 heavy (non-hydrogen) atoms. The van der Waals surface area contributed by atoms with Gasteiger partial charge in [0.05, 0.1) is 147 Å². The fraction of sp³-hybridized carbons (Fsp3) is 0.591. The number of carbonyl (C=O) groups is 5. The normalized spacial score (nSPS) is 16.2. The van der Waals surface area contributed by atoms with Crippen molar-refractivity contribution in [3.8, 4) is 34.8 Å². The summed E-state index contributed by atoms with van der Waals surface area (Å²) in [6.45, 7) is 27.6. The van der Waals surface area contributed by atoms with Crippen molar-refractivity contribution in [2.75, 3.05) is 208 Å². The molecule has 23 nitrogen and oxygen atoms in total. The lowest BCUT2D eigenvalue weighted by Crippen LogP contribution is -2.35. The van der Waals surface area contributed by atoms with Gasteiger partial charge in [0.1, 0.15) is 86.3 Å². The molecule has 6 fully saturated rings. The predicted molar refractivity (Wildman–Crippen MR) is 476 cm³/mol. The third-order valence-electron chi connectivity index (χ3n) is 17.6. The molecule has 0 amide bonds. The maximum absolute atomic E-state index is 11.3. The second-order valence-corrected chi connectivity index (χ2v) is 40.4. The van der Waals surface area contributed by atoms with Gasteiger partial charge in [0.2, 0.25) is 0 Å². The molecular weight excluding hydrogens is 1620 g/mol. The average molecular weight is 1750 g/mol. The number of nitrogens with zero attached hydrogens (tertiary/aromatic N) is 1. The zero-order valence-electron chi connectivity index (χ0n) is 73.1. The molecule has 0 spiro atoms. The SMILES string of the molecule is CC(C)(C)C#N.CCOC(=O)C(C)(C)OC.CCOC(=O)C(C)SC1CCCC1.COC(=O)C(C)C(=O)OC.COC(=O)C(C)OC.COc1ccc([S+]2CCOCC2)cc1.COc1ccc([S+]2CCOCC2)cc1.COc1ccc([S+]2CCOCC2)cc1.COc1ccc([S+]2CCOCC2)cc1.COc1ccc([S+]2CCOCC2)cc1. The van der Waals surface area contributed by atoms with Crippen LogP contribution in [0.2, 0.25) is 0 Å². The van der Waals surface area contributed by atoms with Crippen molar-refractivity contribution in [2.45, 2.75) is 142 Å². The van der Waals surface area contributed by atoms with E-state index in [0.29, 0.717) is 72.9 Å². The van der Waals surface area contributed by atoms with E-state index in [2.05, 4.69) is 85.7 Å². The van der Waals surface area contributed by atoms with E-state index in [1.54, 1.807) is 75.0 Å². The molecule has 0 aromatic heterocycles. The van der Waals surface area contributed by atoms with Gasteiger partial charge in [-0.05, 0) is 203 Å². The van der Waals surface area contributed by atoms with E-state index in [4.69, 9.17) is 66.8 Å². The highest BCUT2D eigenvalue weighted by molar-refractivity contribution is 8.01. The Morgan fingerprint density at radius 1 is 0.402 bits per heavy atom. The molecule has 5 aromatic rings. The molecule has 5 saturated heterocycles. The Morgan fingerprint density at radius 2 is 0.641 bits per heavy atom. The van der Waals surface area contributed by atoms with Crippen LogP contribution in [0.1, 0.15) is 94.9 Å². The molecule has 6 aliphatic rings. The highest BCUT2D eigenvalue weighted by Crippen LogP contribution is 2.33. The minimum absolute atomic E-state index is 0.0167. The van der Waals surface area contributed by atoms with Gasteiger partial charge in [-0.25, -0.2) is 9.59 Å². The van der Waals surface area contributed by atoms with Gasteiger partial charge in [-0.1, -0.05) is 12.8 Å². The Morgan fingerprint density at radius 3 is 0.821 bits per heavy atom. The molecule has 0 radical (unpaired) electrons. The molecule has 2 unspecified atom stereocenters. The smallest absolute Gasteiger partial charge is 0.337 e. The van der Waals surface area contributed by atoms with Gasteiger partial charge in [-0.3, -0.25) is 14.4 Å². The van der Waals surface area contributed by atoms with E-state index >= 15 is 0 Å². The van der Waals surface area contributed by atoms with Crippen molar-refractivity contribution in [2.24, 2.45) is 11.3 Å². The van der Waals surface area contributed by atoms with Crippen molar-refractivity contribution < 1.29 is 104 Å². The van der Waals surface area contributed by atoms with Crippen LogP contribution in [0.5, 0.6) is 28.7 Å². The van der Waals surface area contributed by atoms with E-state index in [1.165, 1.54) is 150 Å². The number of esters is 5. The van der Waals surface area contributed by atoms with Gasteiger partial charge in [-0.2, -0.15) is 5.26 Å². The number of hydrogen-bond acceptors (Lipinski definition) is 24. The lowest BCUT2D eigenvalue weighted by atomic mass is 10.0. The number of hydrogen-bond donors (Lipinski definition) is 0. The number of benzene rings is 5. The zero-order valence-corrected chi connectivity index (χ0v) is 78.0. The van der Waals surface area contributed by atoms with Crippen LogP contribution in [-0.4, -0.2) is 260 Å². The largest absolute Gasteiger partial charge is 0.497 e. The summed E-state index contributed by atoms with van der Waals surface area (Å²) in [6, 6.07) is 44.2. The summed E-state index contributed by atoms with van der Waals surface area (Å²) in [5.74, 6) is 13.7. The maximum Gasteiger partial charge on any atom is 0.337 e.